The van der Waals surface area contributed by atoms with Crippen molar-refractivity contribution in [3.05, 3.63) is 24.3 Å². The molecule has 7 heteroatoms. The number of para-hydroxylation sites is 2. The van der Waals surface area contributed by atoms with Crippen molar-refractivity contribution in [2.45, 2.75) is 42.6 Å². The number of halogens is 3. The van der Waals surface area contributed by atoms with Crippen LogP contribution < -0.4 is 15.4 Å². The first-order chi connectivity index (χ1) is 10.4. The highest BCUT2D eigenvalue weighted by molar-refractivity contribution is 6.68. The zero-order valence-corrected chi connectivity index (χ0v) is 14.9. The third-order valence-corrected chi connectivity index (χ3v) is 3.70. The van der Waals surface area contributed by atoms with Gasteiger partial charge in [0.15, 0.2) is 0 Å². The second kappa shape index (κ2) is 9.33. The van der Waals surface area contributed by atoms with Gasteiger partial charge in [-0.25, -0.2) is 0 Å². The van der Waals surface area contributed by atoms with Gasteiger partial charge in [0.05, 0.1) is 12.8 Å². The van der Waals surface area contributed by atoms with Crippen LogP contribution in [0.25, 0.3) is 0 Å². The van der Waals surface area contributed by atoms with E-state index in [0.717, 1.165) is 19.3 Å². The van der Waals surface area contributed by atoms with E-state index in [4.69, 9.17) is 39.5 Å². The molecule has 0 aliphatic carbocycles. The van der Waals surface area contributed by atoms with Gasteiger partial charge >= 0.3 is 0 Å². The van der Waals surface area contributed by atoms with Gasteiger partial charge in [-0.2, -0.15) is 0 Å². The van der Waals surface area contributed by atoms with Gasteiger partial charge in [-0.15, -0.1) is 0 Å². The third-order valence-electron chi connectivity index (χ3n) is 3.05. The van der Waals surface area contributed by atoms with Crippen LogP contribution in [0.1, 0.15) is 32.6 Å². The second-order valence-electron chi connectivity index (χ2n) is 4.84. The van der Waals surface area contributed by atoms with E-state index >= 15 is 0 Å². The molecule has 2 N–H and O–H groups in total. The number of amides is 1. The summed E-state index contributed by atoms with van der Waals surface area (Å²) in [4.78, 5) is 12.0. The van der Waals surface area contributed by atoms with E-state index in [1.807, 2.05) is 12.1 Å². The van der Waals surface area contributed by atoms with Crippen molar-refractivity contribution in [3.63, 3.8) is 0 Å². The molecule has 1 amide bonds. The number of methoxy groups -OCH3 is 1. The van der Waals surface area contributed by atoms with Crippen LogP contribution in [0.4, 0.5) is 5.69 Å². The zero-order chi connectivity index (χ0) is 16.6. The molecule has 1 aromatic carbocycles. The maximum absolute atomic E-state index is 12.0. The number of anilines is 1. The topological polar surface area (TPSA) is 50.4 Å². The number of alkyl halides is 3. The first kappa shape index (κ1) is 19.2. The molecule has 0 saturated heterocycles. The average molecular weight is 368 g/mol. The molecule has 1 unspecified atom stereocenters. The number of nitrogens with one attached hydrogen (secondary N) is 2. The highest BCUT2D eigenvalue weighted by atomic mass is 35.6. The summed E-state index contributed by atoms with van der Waals surface area (Å²) in [7, 11) is 1.55. The Balaban J connectivity index is 2.75. The van der Waals surface area contributed by atoms with Gasteiger partial charge in [-0.05, 0) is 18.6 Å². The SMILES string of the molecule is CCCCCC(=O)NC(Nc1ccccc1OC)C(Cl)(Cl)Cl. The molecule has 0 saturated carbocycles. The van der Waals surface area contributed by atoms with Gasteiger partial charge in [-0.3, -0.25) is 4.79 Å². The van der Waals surface area contributed by atoms with Gasteiger partial charge < -0.3 is 15.4 Å². The summed E-state index contributed by atoms with van der Waals surface area (Å²) in [5.74, 6) is 0.439. The van der Waals surface area contributed by atoms with Crippen LogP contribution in [0.2, 0.25) is 0 Å². The second-order valence-corrected chi connectivity index (χ2v) is 7.21. The standard InChI is InChI=1S/C15H21Cl3N2O2/c1-3-4-5-10-13(21)20-14(15(16,17)18)19-11-8-6-7-9-12(11)22-2/h6-9,14,19H,3-5,10H2,1-2H3,(H,20,21). The van der Waals surface area contributed by atoms with E-state index in [2.05, 4.69) is 17.6 Å². The normalized spacial score (nSPS) is 12.6. The van der Waals surface area contributed by atoms with E-state index in [1.54, 1.807) is 19.2 Å². The molecule has 1 aromatic rings. The van der Waals surface area contributed by atoms with E-state index in [9.17, 15) is 4.79 Å². The van der Waals surface area contributed by atoms with Gasteiger partial charge in [0.25, 0.3) is 0 Å². The molecule has 1 rings (SSSR count). The lowest BCUT2D eigenvalue weighted by Crippen LogP contribution is -2.49. The molecule has 0 aromatic heterocycles. The van der Waals surface area contributed by atoms with Gasteiger partial charge in [0.2, 0.25) is 9.70 Å². The van der Waals surface area contributed by atoms with Crippen LogP contribution in [0.3, 0.4) is 0 Å². The van der Waals surface area contributed by atoms with Gasteiger partial charge in [0, 0.05) is 6.42 Å². The number of ether oxygens (including phenoxy) is 1. The summed E-state index contributed by atoms with van der Waals surface area (Å²) in [5, 5.41) is 5.72. The fourth-order valence-electron chi connectivity index (χ4n) is 1.89. The third kappa shape index (κ3) is 6.51. The molecule has 4 nitrogen and oxygen atoms in total. The van der Waals surface area contributed by atoms with Crippen LogP contribution in [-0.2, 0) is 4.79 Å². The molecule has 0 aliphatic heterocycles. The van der Waals surface area contributed by atoms with E-state index < -0.39 is 9.96 Å². The summed E-state index contributed by atoms with van der Waals surface area (Å²) in [6, 6.07) is 7.22. The number of rotatable bonds is 8. The lowest BCUT2D eigenvalue weighted by molar-refractivity contribution is -0.121. The quantitative estimate of drug-likeness (QED) is 0.404. The van der Waals surface area contributed by atoms with E-state index in [-0.39, 0.29) is 5.91 Å². The first-order valence-electron chi connectivity index (χ1n) is 7.14. The summed E-state index contributed by atoms with van der Waals surface area (Å²) in [5.41, 5.74) is 0.634. The van der Waals surface area contributed by atoms with E-state index in [0.29, 0.717) is 17.9 Å². The Morgan fingerprint density at radius 2 is 1.95 bits per heavy atom. The summed E-state index contributed by atoms with van der Waals surface area (Å²) >= 11 is 17.9. The Hall–Kier alpha value is -0.840. The number of carbonyl (C=O) groups excluding carboxylic acids is 1. The lowest BCUT2D eigenvalue weighted by Gasteiger charge is -2.28. The van der Waals surface area contributed by atoms with Crippen molar-refractivity contribution < 1.29 is 9.53 Å². The zero-order valence-electron chi connectivity index (χ0n) is 12.7. The molecule has 1 atom stereocenters. The van der Waals surface area contributed by atoms with Crippen LogP contribution in [0.15, 0.2) is 24.3 Å². The highest BCUT2D eigenvalue weighted by Gasteiger charge is 2.34. The minimum Gasteiger partial charge on any atom is -0.495 e. The summed E-state index contributed by atoms with van der Waals surface area (Å²) in [6.07, 6.45) is 2.39. The summed E-state index contributed by atoms with van der Waals surface area (Å²) < 4.78 is 3.55. The minimum absolute atomic E-state index is 0.160. The Bertz CT molecular complexity index is 478. The van der Waals surface area contributed by atoms with Crippen molar-refractivity contribution in [3.8, 4) is 5.75 Å². The maximum Gasteiger partial charge on any atom is 0.228 e. The predicted octanol–water partition coefficient (Wildman–Crippen LogP) is 4.50. The van der Waals surface area contributed by atoms with Crippen molar-refractivity contribution in [2.75, 3.05) is 12.4 Å². The van der Waals surface area contributed by atoms with Crippen molar-refractivity contribution in [1.82, 2.24) is 5.32 Å². The Morgan fingerprint density at radius 1 is 1.27 bits per heavy atom. The smallest absolute Gasteiger partial charge is 0.228 e. The molecular weight excluding hydrogens is 347 g/mol. The molecule has 0 fully saturated rings. The Kier molecular flexibility index (Phi) is 8.15. The Labute approximate surface area is 146 Å². The Morgan fingerprint density at radius 3 is 2.55 bits per heavy atom. The molecule has 0 radical (unpaired) electrons. The lowest BCUT2D eigenvalue weighted by atomic mass is 10.2. The number of benzene rings is 1. The monoisotopic (exact) mass is 366 g/mol. The molecular formula is C15H21Cl3N2O2. The number of carbonyl (C=O) groups is 1. The molecule has 0 spiro atoms. The first-order valence-corrected chi connectivity index (χ1v) is 8.27. The van der Waals surface area contributed by atoms with Gasteiger partial charge in [0.1, 0.15) is 11.9 Å². The fourth-order valence-corrected chi connectivity index (χ4v) is 2.22. The number of hydrogen-bond donors (Lipinski definition) is 2. The van der Waals surface area contributed by atoms with E-state index in [1.165, 1.54) is 0 Å². The largest absolute Gasteiger partial charge is 0.495 e. The maximum atomic E-state index is 12.0. The average Bonchev–Trinajstić information content (AvgIpc) is 2.46. The minimum atomic E-state index is -1.69. The molecule has 0 heterocycles. The van der Waals surface area contributed by atoms with Crippen LogP contribution >= 0.6 is 34.8 Å². The van der Waals surface area contributed by atoms with Gasteiger partial charge in [-0.1, -0.05) is 66.7 Å². The van der Waals surface area contributed by atoms with Crippen LogP contribution in [0, 0.1) is 0 Å². The molecule has 22 heavy (non-hydrogen) atoms. The van der Waals surface area contributed by atoms with Crippen molar-refractivity contribution in [2.24, 2.45) is 0 Å². The molecule has 0 aliphatic rings. The van der Waals surface area contributed by atoms with Crippen LogP contribution in [-0.4, -0.2) is 23.0 Å². The summed E-state index contributed by atoms with van der Waals surface area (Å²) in [6.45, 7) is 2.07. The molecule has 0 bridgehead atoms. The van der Waals surface area contributed by atoms with Crippen molar-refractivity contribution >= 4 is 46.4 Å². The molecule has 124 valence electrons. The van der Waals surface area contributed by atoms with Crippen molar-refractivity contribution in [1.29, 1.82) is 0 Å². The predicted molar refractivity (Wildman–Crippen MR) is 93.0 cm³/mol. The highest BCUT2D eigenvalue weighted by Crippen LogP contribution is 2.33. The fraction of sp³-hybridized carbons (Fsp3) is 0.533. The number of unbranched alkanes of at least 4 members (excludes halogenated alkanes) is 2. The van der Waals surface area contributed by atoms with Crippen LogP contribution in [0.5, 0.6) is 5.75 Å². The number of hydrogen-bond acceptors (Lipinski definition) is 3.